The van der Waals surface area contributed by atoms with Gasteiger partial charge in [-0.1, -0.05) is 19.0 Å². The van der Waals surface area contributed by atoms with E-state index < -0.39 is 6.04 Å². The molecule has 1 fully saturated rings. The molecule has 0 aromatic carbocycles. The van der Waals surface area contributed by atoms with Gasteiger partial charge in [-0.2, -0.15) is 0 Å². The summed E-state index contributed by atoms with van der Waals surface area (Å²) in [5, 5.41) is 11.8. The van der Waals surface area contributed by atoms with Crippen LogP contribution in [-0.4, -0.2) is 45.9 Å². The molecule has 1 saturated heterocycles. The minimum Gasteiger partial charge on any atom is -0.423 e. The van der Waals surface area contributed by atoms with Crippen LogP contribution in [0.3, 0.4) is 0 Å². The maximum Gasteiger partial charge on any atom is 0.293 e. The van der Waals surface area contributed by atoms with E-state index in [2.05, 4.69) is 22.3 Å². The highest BCUT2D eigenvalue weighted by Crippen LogP contribution is 2.26. The minimum atomic E-state index is -0.408. The van der Waals surface area contributed by atoms with Crippen molar-refractivity contribution in [3.8, 4) is 0 Å². The Hall–Kier alpha value is -2.22. The summed E-state index contributed by atoms with van der Waals surface area (Å²) in [6.07, 6.45) is 0.932. The quantitative estimate of drug-likeness (QED) is 0.851. The van der Waals surface area contributed by atoms with E-state index >= 15 is 0 Å². The molecule has 2 atom stereocenters. The Balaban J connectivity index is 1.82. The van der Waals surface area contributed by atoms with Gasteiger partial charge in [-0.3, -0.25) is 4.79 Å². The monoisotopic (exact) mass is 320 g/mol. The largest absolute Gasteiger partial charge is 0.423 e. The summed E-state index contributed by atoms with van der Waals surface area (Å²) in [6.45, 7) is 7.04. The number of carbonyl (C=O) groups excluding carboxylic acids is 1. The third-order valence-electron chi connectivity index (χ3n) is 4.07. The molecule has 2 aromatic heterocycles. The average molecular weight is 320 g/mol. The van der Waals surface area contributed by atoms with Gasteiger partial charge >= 0.3 is 0 Å². The lowest BCUT2D eigenvalue weighted by Gasteiger charge is -2.32. The Bertz CT molecular complexity index is 681. The Labute approximate surface area is 133 Å². The molecular weight excluding hydrogens is 300 g/mol. The van der Waals surface area contributed by atoms with Crippen molar-refractivity contribution in [3.05, 3.63) is 29.3 Å². The van der Waals surface area contributed by atoms with E-state index in [1.165, 1.54) is 0 Å². The number of aromatic nitrogens is 3. The first-order chi connectivity index (χ1) is 11.1. The molecule has 0 spiro atoms. The highest BCUT2D eigenvalue weighted by atomic mass is 16.5. The van der Waals surface area contributed by atoms with Gasteiger partial charge in [0.15, 0.2) is 0 Å². The number of hydrogen-bond donors (Lipinski definition) is 0. The molecule has 124 valence electrons. The van der Waals surface area contributed by atoms with Crippen molar-refractivity contribution in [1.29, 1.82) is 0 Å². The summed E-state index contributed by atoms with van der Waals surface area (Å²) >= 11 is 0. The van der Waals surface area contributed by atoms with Gasteiger partial charge in [0, 0.05) is 25.5 Å². The molecule has 1 amide bonds. The molecule has 23 heavy (non-hydrogen) atoms. The fourth-order valence-corrected chi connectivity index (χ4v) is 2.47. The summed E-state index contributed by atoms with van der Waals surface area (Å²) in [6, 6.07) is 1.30. The van der Waals surface area contributed by atoms with Gasteiger partial charge in [0.05, 0.1) is 18.9 Å². The van der Waals surface area contributed by atoms with Crippen LogP contribution >= 0.6 is 0 Å². The SMILES string of the molecule is CC[C@@H](C)c1cc(C(=O)N2CCOC[C@@H]2c2nnc(C)o2)on1. The summed E-state index contributed by atoms with van der Waals surface area (Å²) in [4.78, 5) is 14.4. The predicted octanol–water partition coefficient (Wildman–Crippen LogP) is 2.09. The van der Waals surface area contributed by atoms with Crippen LogP contribution in [-0.2, 0) is 4.74 Å². The number of amides is 1. The molecule has 1 aliphatic heterocycles. The van der Waals surface area contributed by atoms with Crippen LogP contribution in [0.2, 0.25) is 0 Å². The normalized spacial score (nSPS) is 19.8. The third kappa shape index (κ3) is 3.12. The molecule has 0 radical (unpaired) electrons. The molecule has 0 N–H and O–H groups in total. The molecule has 0 bridgehead atoms. The molecule has 0 aliphatic carbocycles. The number of hydrogen-bond acceptors (Lipinski definition) is 7. The van der Waals surface area contributed by atoms with Gasteiger partial charge in [0.2, 0.25) is 17.5 Å². The fraction of sp³-hybridized carbons (Fsp3) is 0.600. The molecule has 1 aliphatic rings. The Morgan fingerprint density at radius 3 is 3.00 bits per heavy atom. The van der Waals surface area contributed by atoms with Crippen LogP contribution in [0.25, 0.3) is 0 Å². The number of carbonyl (C=O) groups is 1. The van der Waals surface area contributed by atoms with Crippen molar-refractivity contribution in [3.63, 3.8) is 0 Å². The number of aryl methyl sites for hydroxylation is 1. The summed E-state index contributed by atoms with van der Waals surface area (Å²) in [5.41, 5.74) is 0.786. The lowest BCUT2D eigenvalue weighted by Crippen LogP contribution is -2.43. The zero-order chi connectivity index (χ0) is 16.4. The van der Waals surface area contributed by atoms with Gasteiger partial charge in [0.1, 0.15) is 6.04 Å². The highest BCUT2D eigenvalue weighted by molar-refractivity contribution is 5.91. The second kappa shape index (κ2) is 6.49. The van der Waals surface area contributed by atoms with Crippen LogP contribution in [0.4, 0.5) is 0 Å². The summed E-state index contributed by atoms with van der Waals surface area (Å²) < 4.78 is 16.2. The first kappa shape index (κ1) is 15.7. The van der Waals surface area contributed by atoms with Crippen molar-refractivity contribution >= 4 is 5.91 Å². The van der Waals surface area contributed by atoms with E-state index in [1.807, 2.05) is 6.92 Å². The minimum absolute atomic E-state index is 0.225. The van der Waals surface area contributed by atoms with Crippen LogP contribution in [0, 0.1) is 6.92 Å². The fourth-order valence-electron chi connectivity index (χ4n) is 2.47. The maximum atomic E-state index is 12.8. The van der Waals surface area contributed by atoms with Crippen molar-refractivity contribution in [2.75, 3.05) is 19.8 Å². The number of rotatable bonds is 4. The van der Waals surface area contributed by atoms with E-state index in [4.69, 9.17) is 13.7 Å². The highest BCUT2D eigenvalue weighted by Gasteiger charge is 2.34. The topological polar surface area (TPSA) is 94.5 Å². The molecule has 3 heterocycles. The molecule has 8 heteroatoms. The second-order valence-electron chi connectivity index (χ2n) is 5.67. The molecule has 2 aromatic rings. The van der Waals surface area contributed by atoms with E-state index in [-0.39, 0.29) is 17.6 Å². The van der Waals surface area contributed by atoms with Crippen LogP contribution in [0.5, 0.6) is 0 Å². The molecule has 3 rings (SSSR count). The smallest absolute Gasteiger partial charge is 0.293 e. The van der Waals surface area contributed by atoms with Crippen molar-refractivity contribution in [2.24, 2.45) is 0 Å². The molecule has 0 saturated carbocycles. The van der Waals surface area contributed by atoms with E-state index in [0.717, 1.165) is 12.1 Å². The Morgan fingerprint density at radius 1 is 1.48 bits per heavy atom. The van der Waals surface area contributed by atoms with Gasteiger partial charge in [0.25, 0.3) is 5.91 Å². The Morgan fingerprint density at radius 2 is 2.30 bits per heavy atom. The third-order valence-corrected chi connectivity index (χ3v) is 4.07. The zero-order valence-electron chi connectivity index (χ0n) is 13.5. The summed E-state index contributed by atoms with van der Waals surface area (Å²) in [5.74, 6) is 1.06. The van der Waals surface area contributed by atoms with Crippen molar-refractivity contribution in [1.82, 2.24) is 20.3 Å². The van der Waals surface area contributed by atoms with Gasteiger partial charge in [-0.15, -0.1) is 10.2 Å². The first-order valence-corrected chi connectivity index (χ1v) is 7.75. The van der Waals surface area contributed by atoms with Crippen LogP contribution < -0.4 is 0 Å². The van der Waals surface area contributed by atoms with Gasteiger partial charge < -0.3 is 18.6 Å². The van der Waals surface area contributed by atoms with E-state index in [1.54, 1.807) is 17.9 Å². The molecule has 0 unspecified atom stereocenters. The van der Waals surface area contributed by atoms with E-state index in [9.17, 15) is 4.79 Å². The predicted molar refractivity (Wildman–Crippen MR) is 78.8 cm³/mol. The lowest BCUT2D eigenvalue weighted by atomic mass is 10.1. The zero-order valence-corrected chi connectivity index (χ0v) is 13.5. The van der Waals surface area contributed by atoms with Gasteiger partial charge in [-0.25, -0.2) is 0 Å². The summed E-state index contributed by atoms with van der Waals surface area (Å²) in [7, 11) is 0. The number of ether oxygens (including phenoxy) is 1. The van der Waals surface area contributed by atoms with Crippen LogP contribution in [0.1, 0.15) is 60.3 Å². The number of nitrogens with zero attached hydrogens (tertiary/aromatic N) is 4. The van der Waals surface area contributed by atoms with Crippen molar-refractivity contribution < 1.29 is 18.5 Å². The Kier molecular flexibility index (Phi) is 4.42. The van der Waals surface area contributed by atoms with Gasteiger partial charge in [-0.05, 0) is 6.42 Å². The maximum absolute atomic E-state index is 12.8. The standard InChI is InChI=1S/C15H20N4O4/c1-4-9(2)11-7-13(23-18-11)15(20)19-5-6-21-8-12(19)14-17-16-10(3)22-14/h7,9,12H,4-6,8H2,1-3H3/t9-,12-/m1/s1. The number of morpholine rings is 1. The average Bonchev–Trinajstić information content (AvgIpc) is 3.22. The first-order valence-electron chi connectivity index (χ1n) is 7.75. The second-order valence-corrected chi connectivity index (χ2v) is 5.67. The van der Waals surface area contributed by atoms with E-state index in [0.29, 0.717) is 31.5 Å². The molecule has 8 nitrogen and oxygen atoms in total. The van der Waals surface area contributed by atoms with Crippen molar-refractivity contribution in [2.45, 2.75) is 39.2 Å². The molecular formula is C15H20N4O4. The van der Waals surface area contributed by atoms with Crippen LogP contribution in [0.15, 0.2) is 15.0 Å². The lowest BCUT2D eigenvalue weighted by molar-refractivity contribution is -0.0124.